The number of allylic oxidation sites excluding steroid dienone is 3. The molecule has 0 radical (unpaired) electrons. The maximum Gasteiger partial charge on any atom is 1.00 e. The van der Waals surface area contributed by atoms with Gasteiger partial charge in [-0.3, -0.25) is 0 Å². The molecule has 0 aromatic heterocycles. The third-order valence-electron chi connectivity index (χ3n) is 0.500. The minimum atomic E-state index is -0.133. The monoisotopic (exact) mass is 212 g/mol. The molecule has 0 fully saturated rings. The standard InChI is InChI=1S/C6H7BrO.K/c1-3-6(8)4-5(2)7;/h3-4,8H,1-2H2;/q;+1/p-1/b6-4+;. The van der Waals surface area contributed by atoms with Crippen molar-refractivity contribution in [2.75, 3.05) is 0 Å². The summed E-state index contributed by atoms with van der Waals surface area (Å²) in [4.78, 5) is 0. The fraction of sp³-hybridized carbons (Fsp3) is 0. The molecule has 1 nitrogen and oxygen atoms in total. The van der Waals surface area contributed by atoms with Gasteiger partial charge >= 0.3 is 51.4 Å². The third kappa shape index (κ3) is 9.14. The predicted molar refractivity (Wildman–Crippen MR) is 36.3 cm³/mol. The first kappa shape index (κ1) is 12.8. The van der Waals surface area contributed by atoms with Gasteiger partial charge in [-0.15, -0.1) is 5.76 Å². The Morgan fingerprint density at radius 3 is 2.11 bits per heavy atom. The van der Waals surface area contributed by atoms with Crippen LogP contribution in [0.25, 0.3) is 0 Å². The second-order valence-corrected chi connectivity index (χ2v) is 2.22. The summed E-state index contributed by atoms with van der Waals surface area (Å²) in [7, 11) is 0. The Hall–Kier alpha value is 1.14. The van der Waals surface area contributed by atoms with Crippen molar-refractivity contribution in [3.8, 4) is 0 Å². The van der Waals surface area contributed by atoms with E-state index < -0.39 is 0 Å². The largest absolute Gasteiger partial charge is 1.00 e. The Labute approximate surface area is 106 Å². The van der Waals surface area contributed by atoms with Crippen LogP contribution in [0.2, 0.25) is 0 Å². The first-order chi connectivity index (χ1) is 3.66. The fourth-order valence-corrected chi connectivity index (χ4v) is 0.439. The van der Waals surface area contributed by atoms with Gasteiger partial charge in [0.05, 0.1) is 0 Å². The molecule has 0 aromatic rings. The topological polar surface area (TPSA) is 23.1 Å². The molecule has 0 spiro atoms. The number of rotatable bonds is 2. The third-order valence-corrected chi connectivity index (χ3v) is 0.729. The second-order valence-electron chi connectivity index (χ2n) is 1.20. The number of halogens is 1. The van der Waals surface area contributed by atoms with E-state index in [9.17, 15) is 5.11 Å². The van der Waals surface area contributed by atoms with Crippen LogP contribution in [0, 0.1) is 0 Å². The molecule has 0 unspecified atom stereocenters. The first-order valence-electron chi connectivity index (χ1n) is 2.02. The molecular formula is C6H6BrKO. The Morgan fingerprint density at radius 2 is 2.00 bits per heavy atom. The fourth-order valence-electron chi connectivity index (χ4n) is 0.213. The quantitative estimate of drug-likeness (QED) is 0.305. The van der Waals surface area contributed by atoms with Crippen molar-refractivity contribution in [2.45, 2.75) is 0 Å². The molecule has 0 aromatic carbocycles. The molecule has 0 saturated heterocycles. The Kier molecular flexibility index (Phi) is 10.3. The summed E-state index contributed by atoms with van der Waals surface area (Å²) >= 11 is 3.00. The summed E-state index contributed by atoms with van der Waals surface area (Å²) in [5.74, 6) is -0.133. The number of hydrogen-bond donors (Lipinski definition) is 0. The van der Waals surface area contributed by atoms with Crippen LogP contribution in [0.15, 0.2) is 35.6 Å². The number of hydrogen-bond acceptors (Lipinski definition) is 1. The van der Waals surface area contributed by atoms with Crippen LogP contribution in [0.5, 0.6) is 0 Å². The van der Waals surface area contributed by atoms with Crippen LogP contribution >= 0.6 is 15.9 Å². The van der Waals surface area contributed by atoms with Crippen molar-refractivity contribution < 1.29 is 56.5 Å². The molecule has 0 aliphatic heterocycles. The average molecular weight is 213 g/mol. The smallest absolute Gasteiger partial charge is 0.872 e. The Bertz CT molecular complexity index is 140. The van der Waals surface area contributed by atoms with Crippen LogP contribution < -0.4 is 56.5 Å². The van der Waals surface area contributed by atoms with E-state index in [0.29, 0.717) is 4.48 Å². The van der Waals surface area contributed by atoms with Crippen molar-refractivity contribution in [1.82, 2.24) is 0 Å². The van der Waals surface area contributed by atoms with Crippen molar-refractivity contribution in [1.29, 1.82) is 0 Å². The molecule has 0 bridgehead atoms. The molecule has 3 heteroatoms. The van der Waals surface area contributed by atoms with Gasteiger partial charge in [-0.2, -0.15) is 0 Å². The van der Waals surface area contributed by atoms with E-state index in [1.807, 2.05) is 0 Å². The molecule has 0 atom stereocenters. The van der Waals surface area contributed by atoms with Crippen LogP contribution in [0.3, 0.4) is 0 Å². The zero-order valence-electron chi connectivity index (χ0n) is 5.36. The van der Waals surface area contributed by atoms with Crippen molar-refractivity contribution in [2.24, 2.45) is 0 Å². The molecule has 0 aliphatic rings. The van der Waals surface area contributed by atoms with E-state index in [2.05, 4.69) is 29.1 Å². The van der Waals surface area contributed by atoms with Crippen LogP contribution in [-0.4, -0.2) is 0 Å². The van der Waals surface area contributed by atoms with E-state index in [1.165, 1.54) is 12.2 Å². The van der Waals surface area contributed by atoms with E-state index >= 15 is 0 Å². The van der Waals surface area contributed by atoms with Gasteiger partial charge in [0, 0.05) is 4.48 Å². The van der Waals surface area contributed by atoms with E-state index in [-0.39, 0.29) is 57.1 Å². The summed E-state index contributed by atoms with van der Waals surface area (Å²) in [5, 5.41) is 10.4. The minimum absolute atomic E-state index is 0. The van der Waals surface area contributed by atoms with Gasteiger partial charge in [-0.1, -0.05) is 41.2 Å². The summed E-state index contributed by atoms with van der Waals surface area (Å²) < 4.78 is 0.572. The molecule has 0 amide bonds. The summed E-state index contributed by atoms with van der Waals surface area (Å²) in [5.41, 5.74) is 0. The van der Waals surface area contributed by atoms with Gasteiger partial charge in [0.15, 0.2) is 0 Å². The molecular weight excluding hydrogens is 207 g/mol. The van der Waals surface area contributed by atoms with Gasteiger partial charge in [0.2, 0.25) is 0 Å². The minimum Gasteiger partial charge on any atom is -0.872 e. The molecule has 44 valence electrons. The summed E-state index contributed by atoms with van der Waals surface area (Å²) in [6.45, 7) is 6.71. The molecule has 0 saturated carbocycles. The van der Waals surface area contributed by atoms with Gasteiger partial charge in [-0.25, -0.2) is 0 Å². The van der Waals surface area contributed by atoms with E-state index in [1.54, 1.807) is 0 Å². The SMILES string of the molecule is C=C/C([O-])=C\C(=C)Br.[K+]. The molecule has 0 aliphatic carbocycles. The summed E-state index contributed by atoms with van der Waals surface area (Å²) in [6.07, 6.45) is 2.58. The maximum absolute atomic E-state index is 10.4. The van der Waals surface area contributed by atoms with E-state index in [4.69, 9.17) is 0 Å². The van der Waals surface area contributed by atoms with Gasteiger partial charge in [-0.05, 0) is 0 Å². The van der Waals surface area contributed by atoms with Gasteiger partial charge in [0.25, 0.3) is 0 Å². The van der Waals surface area contributed by atoms with Crippen molar-refractivity contribution in [3.63, 3.8) is 0 Å². The zero-order valence-corrected chi connectivity index (χ0v) is 10.1. The van der Waals surface area contributed by atoms with E-state index in [0.717, 1.165) is 0 Å². The van der Waals surface area contributed by atoms with Crippen molar-refractivity contribution in [3.05, 3.63) is 35.6 Å². The van der Waals surface area contributed by atoms with Crippen LogP contribution in [0.1, 0.15) is 0 Å². The van der Waals surface area contributed by atoms with Gasteiger partial charge < -0.3 is 5.11 Å². The molecule has 0 heterocycles. The first-order valence-corrected chi connectivity index (χ1v) is 2.81. The zero-order chi connectivity index (χ0) is 6.57. The van der Waals surface area contributed by atoms with Crippen LogP contribution in [-0.2, 0) is 0 Å². The average Bonchev–Trinajstić information content (AvgIpc) is 1.65. The molecule has 9 heavy (non-hydrogen) atoms. The van der Waals surface area contributed by atoms with Crippen molar-refractivity contribution >= 4 is 15.9 Å². The second kappa shape index (κ2) is 7.25. The van der Waals surface area contributed by atoms with Crippen LogP contribution in [0.4, 0.5) is 0 Å². The summed E-state index contributed by atoms with van der Waals surface area (Å²) in [6, 6.07) is 0. The molecule has 0 N–H and O–H groups in total. The molecule has 0 rings (SSSR count). The Balaban J connectivity index is 0. The van der Waals surface area contributed by atoms with Gasteiger partial charge in [0.1, 0.15) is 0 Å². The normalized spacial score (nSPS) is 9.67. The maximum atomic E-state index is 10.4. The Morgan fingerprint density at radius 1 is 1.56 bits per heavy atom. The predicted octanol–water partition coefficient (Wildman–Crippen LogP) is -1.67.